The molecule has 18 heavy (non-hydrogen) atoms. The Hall–Kier alpha value is -0.500. The molecule has 1 rings (SSSR count). The van der Waals surface area contributed by atoms with Crippen molar-refractivity contribution in [3.63, 3.8) is 0 Å². The number of allylic oxidation sites excluding steroid dienone is 2. The van der Waals surface area contributed by atoms with Crippen LogP contribution < -0.4 is 0 Å². The van der Waals surface area contributed by atoms with Gasteiger partial charge >= 0.3 is 0 Å². The molecule has 0 fully saturated rings. The minimum absolute atomic E-state index is 0.0273. The molecule has 106 valence electrons. The van der Waals surface area contributed by atoms with Crippen molar-refractivity contribution >= 4 is 0 Å². The highest BCUT2D eigenvalue weighted by molar-refractivity contribution is 4.96. The Morgan fingerprint density at radius 3 is 2.56 bits per heavy atom. The number of ether oxygens (including phenoxy) is 2. The summed E-state index contributed by atoms with van der Waals surface area (Å²) < 4.78 is 11.3. The van der Waals surface area contributed by atoms with Gasteiger partial charge in [-0.05, 0) is 31.8 Å². The maximum Gasteiger partial charge on any atom is 0.199 e. The molecular weight excluding hydrogens is 224 g/mol. The predicted molar refractivity (Wildman–Crippen MR) is 76.4 cm³/mol. The molecule has 0 spiro atoms. The number of hydrogen-bond acceptors (Lipinski definition) is 2. The molecule has 0 heterocycles. The first kappa shape index (κ1) is 15.6. The zero-order chi connectivity index (χ0) is 13.1. The van der Waals surface area contributed by atoms with E-state index in [1.807, 2.05) is 0 Å². The lowest BCUT2D eigenvalue weighted by atomic mass is 10.1. The van der Waals surface area contributed by atoms with Crippen LogP contribution in [0.3, 0.4) is 0 Å². The molecule has 0 bridgehead atoms. The van der Waals surface area contributed by atoms with E-state index in [4.69, 9.17) is 9.47 Å². The highest BCUT2D eigenvalue weighted by Crippen LogP contribution is 2.21. The number of rotatable bonds is 10. The summed E-state index contributed by atoms with van der Waals surface area (Å²) in [4.78, 5) is 0. The van der Waals surface area contributed by atoms with Crippen LogP contribution in [0, 0.1) is 0 Å². The zero-order valence-corrected chi connectivity index (χ0v) is 12.2. The molecular formula is C16H30O2. The lowest BCUT2D eigenvalue weighted by Crippen LogP contribution is -2.15. The first-order valence-corrected chi connectivity index (χ1v) is 7.75. The summed E-state index contributed by atoms with van der Waals surface area (Å²) >= 11 is 0. The van der Waals surface area contributed by atoms with Crippen LogP contribution in [-0.4, -0.2) is 13.4 Å². The first-order chi connectivity index (χ1) is 8.86. The molecule has 2 heteroatoms. The second-order valence-electron chi connectivity index (χ2n) is 5.26. The Kier molecular flexibility index (Phi) is 9.01. The number of methoxy groups -OCH3 is 1. The SMILES string of the molecule is CCCCCCCCC(OC)OC1=CCCCC1. The first-order valence-electron chi connectivity index (χ1n) is 7.75. The van der Waals surface area contributed by atoms with E-state index in [1.54, 1.807) is 7.11 Å². The Morgan fingerprint density at radius 1 is 1.11 bits per heavy atom. The maximum atomic E-state index is 5.91. The molecule has 0 aliphatic heterocycles. The highest BCUT2D eigenvalue weighted by Gasteiger charge is 2.12. The third-order valence-electron chi connectivity index (χ3n) is 3.59. The molecule has 2 nitrogen and oxygen atoms in total. The van der Waals surface area contributed by atoms with E-state index in [2.05, 4.69) is 13.0 Å². The van der Waals surface area contributed by atoms with Crippen LogP contribution in [0.4, 0.5) is 0 Å². The summed E-state index contributed by atoms with van der Waals surface area (Å²) in [5, 5.41) is 0. The van der Waals surface area contributed by atoms with Gasteiger partial charge in [0.15, 0.2) is 6.29 Å². The number of hydrogen-bond donors (Lipinski definition) is 0. The predicted octanol–water partition coefficient (Wildman–Crippen LogP) is 5.18. The number of unbranched alkanes of at least 4 members (excludes halogenated alkanes) is 5. The van der Waals surface area contributed by atoms with Crippen molar-refractivity contribution in [2.45, 2.75) is 83.8 Å². The van der Waals surface area contributed by atoms with Gasteiger partial charge in [0.05, 0.1) is 5.76 Å². The molecule has 1 aliphatic rings. The summed E-state index contributed by atoms with van der Waals surface area (Å²) in [5.41, 5.74) is 0. The monoisotopic (exact) mass is 254 g/mol. The molecule has 0 aromatic carbocycles. The van der Waals surface area contributed by atoms with Gasteiger partial charge in [-0.3, -0.25) is 0 Å². The lowest BCUT2D eigenvalue weighted by molar-refractivity contribution is -0.102. The van der Waals surface area contributed by atoms with Crippen LogP contribution >= 0.6 is 0 Å². The molecule has 0 amide bonds. The van der Waals surface area contributed by atoms with Crippen molar-refractivity contribution < 1.29 is 9.47 Å². The smallest absolute Gasteiger partial charge is 0.199 e. The molecule has 0 aromatic rings. The average molecular weight is 254 g/mol. The molecule has 0 saturated carbocycles. The second kappa shape index (κ2) is 10.4. The quantitative estimate of drug-likeness (QED) is 0.395. The summed E-state index contributed by atoms with van der Waals surface area (Å²) in [6.07, 6.45) is 16.0. The fourth-order valence-electron chi connectivity index (χ4n) is 2.40. The van der Waals surface area contributed by atoms with Gasteiger partial charge in [-0.15, -0.1) is 0 Å². The largest absolute Gasteiger partial charge is 0.470 e. The Labute approximate surface area is 113 Å². The Balaban J connectivity index is 2.07. The van der Waals surface area contributed by atoms with Crippen molar-refractivity contribution in [2.75, 3.05) is 7.11 Å². The molecule has 0 N–H and O–H groups in total. The van der Waals surface area contributed by atoms with Crippen LogP contribution in [0.25, 0.3) is 0 Å². The van der Waals surface area contributed by atoms with E-state index >= 15 is 0 Å². The van der Waals surface area contributed by atoms with E-state index in [1.165, 1.54) is 57.8 Å². The molecule has 1 unspecified atom stereocenters. The molecule has 1 aliphatic carbocycles. The van der Waals surface area contributed by atoms with Crippen molar-refractivity contribution in [3.05, 3.63) is 11.8 Å². The standard InChI is InChI=1S/C16H30O2/c1-3-4-5-6-7-11-14-16(17-2)18-15-12-9-8-10-13-15/h12,16H,3-11,13-14H2,1-2H3. The van der Waals surface area contributed by atoms with Crippen LogP contribution in [0.5, 0.6) is 0 Å². The molecule has 0 radical (unpaired) electrons. The van der Waals surface area contributed by atoms with E-state index < -0.39 is 0 Å². The molecule has 1 atom stereocenters. The van der Waals surface area contributed by atoms with Gasteiger partial charge in [-0.2, -0.15) is 0 Å². The third-order valence-corrected chi connectivity index (χ3v) is 3.59. The van der Waals surface area contributed by atoms with Gasteiger partial charge in [0.2, 0.25) is 0 Å². The minimum atomic E-state index is -0.0273. The third kappa shape index (κ3) is 7.05. The van der Waals surface area contributed by atoms with Crippen molar-refractivity contribution in [2.24, 2.45) is 0 Å². The van der Waals surface area contributed by atoms with E-state index in [0.29, 0.717) is 0 Å². The van der Waals surface area contributed by atoms with Crippen LogP contribution in [0.2, 0.25) is 0 Å². The molecule has 0 aromatic heterocycles. The van der Waals surface area contributed by atoms with Crippen molar-refractivity contribution in [1.82, 2.24) is 0 Å². The summed E-state index contributed by atoms with van der Waals surface area (Å²) in [7, 11) is 1.76. The van der Waals surface area contributed by atoms with Crippen LogP contribution in [0.1, 0.15) is 77.6 Å². The van der Waals surface area contributed by atoms with E-state index in [9.17, 15) is 0 Å². The molecule has 0 saturated heterocycles. The maximum absolute atomic E-state index is 5.91. The van der Waals surface area contributed by atoms with E-state index in [0.717, 1.165) is 18.6 Å². The minimum Gasteiger partial charge on any atom is -0.470 e. The topological polar surface area (TPSA) is 18.5 Å². The summed E-state index contributed by atoms with van der Waals surface area (Å²) in [6.45, 7) is 2.26. The van der Waals surface area contributed by atoms with Gasteiger partial charge in [-0.1, -0.05) is 39.0 Å². The Morgan fingerprint density at radius 2 is 1.89 bits per heavy atom. The Bertz CT molecular complexity index is 223. The van der Waals surface area contributed by atoms with Gasteiger partial charge in [-0.25, -0.2) is 0 Å². The second-order valence-corrected chi connectivity index (χ2v) is 5.26. The van der Waals surface area contributed by atoms with Gasteiger partial charge < -0.3 is 9.47 Å². The summed E-state index contributed by atoms with van der Waals surface area (Å²) in [5.74, 6) is 1.15. The van der Waals surface area contributed by atoms with E-state index in [-0.39, 0.29) is 6.29 Å². The van der Waals surface area contributed by atoms with Gasteiger partial charge in [0.25, 0.3) is 0 Å². The fourth-order valence-corrected chi connectivity index (χ4v) is 2.40. The highest BCUT2D eigenvalue weighted by atomic mass is 16.7. The average Bonchev–Trinajstić information content (AvgIpc) is 2.42. The normalized spacial score (nSPS) is 17.3. The fraction of sp³-hybridized carbons (Fsp3) is 0.875. The van der Waals surface area contributed by atoms with Crippen molar-refractivity contribution in [3.8, 4) is 0 Å². The summed E-state index contributed by atoms with van der Waals surface area (Å²) in [6, 6.07) is 0. The zero-order valence-electron chi connectivity index (χ0n) is 12.2. The van der Waals surface area contributed by atoms with Gasteiger partial charge in [0, 0.05) is 20.0 Å². The van der Waals surface area contributed by atoms with Gasteiger partial charge in [0.1, 0.15) is 0 Å². The van der Waals surface area contributed by atoms with Crippen LogP contribution in [-0.2, 0) is 9.47 Å². The van der Waals surface area contributed by atoms with Crippen molar-refractivity contribution in [1.29, 1.82) is 0 Å². The lowest BCUT2D eigenvalue weighted by Gasteiger charge is -2.21. The van der Waals surface area contributed by atoms with Crippen LogP contribution in [0.15, 0.2) is 11.8 Å².